The molecule has 0 saturated heterocycles. The number of aryl methyl sites for hydroxylation is 1. The molecule has 0 amide bonds. The first kappa shape index (κ1) is 11.2. The smallest absolute Gasteiger partial charge is 0.0753 e. The number of benzene rings is 1. The second-order valence-electron chi connectivity index (χ2n) is 4.29. The first-order valence-electron chi connectivity index (χ1n) is 4.94. The van der Waals surface area contributed by atoms with Gasteiger partial charge in [0.15, 0.2) is 0 Å². The Morgan fingerprint density at radius 1 is 1.36 bits per heavy atom. The quantitative estimate of drug-likeness (QED) is 0.765. The van der Waals surface area contributed by atoms with Gasteiger partial charge in [0.1, 0.15) is 0 Å². The van der Waals surface area contributed by atoms with E-state index in [0.29, 0.717) is 6.54 Å². The van der Waals surface area contributed by atoms with Crippen LogP contribution in [0.3, 0.4) is 0 Å². The molecule has 0 aliphatic rings. The van der Waals surface area contributed by atoms with Gasteiger partial charge in [0.05, 0.1) is 6.10 Å². The van der Waals surface area contributed by atoms with E-state index in [-0.39, 0.29) is 5.41 Å². The topological polar surface area (TPSA) is 46.2 Å². The van der Waals surface area contributed by atoms with Crippen molar-refractivity contribution in [1.82, 2.24) is 0 Å². The van der Waals surface area contributed by atoms with Crippen molar-refractivity contribution in [2.45, 2.75) is 32.3 Å². The Balaban J connectivity index is 3.09. The Labute approximate surface area is 85.8 Å². The van der Waals surface area contributed by atoms with Crippen molar-refractivity contribution >= 4 is 0 Å². The Hall–Kier alpha value is -0.860. The number of rotatable bonds is 3. The molecule has 0 aromatic heterocycles. The molecule has 2 nitrogen and oxygen atoms in total. The number of nitrogens with two attached hydrogens (primary N) is 1. The zero-order chi connectivity index (χ0) is 10.8. The van der Waals surface area contributed by atoms with Gasteiger partial charge in [-0.15, -0.1) is 0 Å². The summed E-state index contributed by atoms with van der Waals surface area (Å²) >= 11 is 0. The van der Waals surface area contributed by atoms with Gasteiger partial charge in [-0.3, -0.25) is 0 Å². The minimum atomic E-state index is -0.497. The highest BCUT2D eigenvalue weighted by molar-refractivity contribution is 5.33. The summed E-state index contributed by atoms with van der Waals surface area (Å²) in [7, 11) is 0. The van der Waals surface area contributed by atoms with Gasteiger partial charge >= 0.3 is 0 Å². The van der Waals surface area contributed by atoms with Crippen molar-refractivity contribution in [3.8, 4) is 0 Å². The molecule has 2 heteroatoms. The van der Waals surface area contributed by atoms with E-state index >= 15 is 0 Å². The van der Waals surface area contributed by atoms with E-state index in [1.807, 2.05) is 32.0 Å². The van der Waals surface area contributed by atoms with E-state index in [1.165, 1.54) is 5.56 Å². The van der Waals surface area contributed by atoms with Crippen molar-refractivity contribution in [3.05, 3.63) is 35.4 Å². The molecule has 0 saturated carbocycles. The van der Waals surface area contributed by atoms with Crippen molar-refractivity contribution in [1.29, 1.82) is 0 Å². The molecular formula is C12H19NO. The Morgan fingerprint density at radius 3 is 2.43 bits per heavy atom. The molecular weight excluding hydrogens is 174 g/mol. The molecule has 14 heavy (non-hydrogen) atoms. The van der Waals surface area contributed by atoms with Crippen molar-refractivity contribution < 1.29 is 5.11 Å². The van der Waals surface area contributed by atoms with E-state index in [4.69, 9.17) is 5.73 Å². The fraction of sp³-hybridized carbons (Fsp3) is 0.500. The molecule has 0 radical (unpaired) electrons. The first-order valence-corrected chi connectivity index (χ1v) is 4.94. The predicted molar refractivity (Wildman–Crippen MR) is 59.3 cm³/mol. The summed E-state index contributed by atoms with van der Waals surface area (Å²) < 4.78 is 0. The van der Waals surface area contributed by atoms with E-state index in [9.17, 15) is 5.11 Å². The van der Waals surface area contributed by atoms with Crippen LogP contribution in [-0.2, 0) is 5.41 Å². The minimum Gasteiger partial charge on any atom is -0.391 e. The molecule has 1 aromatic rings. The van der Waals surface area contributed by atoms with Gasteiger partial charge in [-0.25, -0.2) is 0 Å². The van der Waals surface area contributed by atoms with Crippen LogP contribution in [0.4, 0.5) is 0 Å². The lowest BCUT2D eigenvalue weighted by Gasteiger charge is -2.31. The summed E-state index contributed by atoms with van der Waals surface area (Å²) in [6.45, 7) is 6.39. The zero-order valence-corrected chi connectivity index (χ0v) is 9.12. The second kappa shape index (κ2) is 4.11. The molecule has 0 spiro atoms. The lowest BCUT2D eigenvalue weighted by Crippen LogP contribution is -2.39. The standard InChI is InChI=1S/C12H19NO/c1-9-6-4-5-7-10(9)12(2,3)11(14)8-13/h4-7,11,14H,8,13H2,1-3H3. The molecule has 1 unspecified atom stereocenters. The zero-order valence-electron chi connectivity index (χ0n) is 9.12. The Kier molecular flexibility index (Phi) is 3.29. The molecule has 0 bridgehead atoms. The third-order valence-corrected chi connectivity index (χ3v) is 2.90. The minimum absolute atomic E-state index is 0.278. The average molecular weight is 193 g/mol. The SMILES string of the molecule is Cc1ccccc1C(C)(C)C(O)CN. The summed E-state index contributed by atoms with van der Waals surface area (Å²) in [4.78, 5) is 0. The predicted octanol–water partition coefficient (Wildman–Crippen LogP) is 1.59. The second-order valence-corrected chi connectivity index (χ2v) is 4.29. The maximum atomic E-state index is 9.84. The summed E-state index contributed by atoms with van der Waals surface area (Å²) in [5.41, 5.74) is 7.58. The molecule has 1 aromatic carbocycles. The Bertz CT molecular complexity index is 307. The molecule has 3 N–H and O–H groups in total. The fourth-order valence-electron chi connectivity index (χ4n) is 1.77. The highest BCUT2D eigenvalue weighted by Crippen LogP contribution is 2.29. The van der Waals surface area contributed by atoms with Crippen LogP contribution >= 0.6 is 0 Å². The molecule has 78 valence electrons. The van der Waals surface area contributed by atoms with Gasteiger partial charge < -0.3 is 10.8 Å². The van der Waals surface area contributed by atoms with Crippen LogP contribution in [-0.4, -0.2) is 17.8 Å². The summed E-state index contributed by atoms with van der Waals surface area (Å²) in [6.07, 6.45) is -0.497. The van der Waals surface area contributed by atoms with Gasteiger partial charge in [-0.1, -0.05) is 38.1 Å². The van der Waals surface area contributed by atoms with Crippen LogP contribution < -0.4 is 5.73 Å². The normalized spacial score (nSPS) is 14.1. The molecule has 0 aliphatic carbocycles. The van der Waals surface area contributed by atoms with Crippen molar-refractivity contribution in [2.75, 3.05) is 6.54 Å². The first-order chi connectivity index (χ1) is 6.50. The van der Waals surface area contributed by atoms with E-state index in [2.05, 4.69) is 13.0 Å². The highest BCUT2D eigenvalue weighted by Gasteiger charge is 2.29. The van der Waals surface area contributed by atoms with E-state index < -0.39 is 6.10 Å². The highest BCUT2D eigenvalue weighted by atomic mass is 16.3. The third-order valence-electron chi connectivity index (χ3n) is 2.90. The molecule has 0 fully saturated rings. The van der Waals surface area contributed by atoms with Gasteiger partial charge in [-0.2, -0.15) is 0 Å². The molecule has 1 atom stereocenters. The third kappa shape index (κ3) is 1.97. The van der Waals surface area contributed by atoms with Gasteiger partial charge in [0.2, 0.25) is 0 Å². The monoisotopic (exact) mass is 193 g/mol. The number of aliphatic hydroxyl groups is 1. The van der Waals surface area contributed by atoms with Crippen LogP contribution in [0.15, 0.2) is 24.3 Å². The largest absolute Gasteiger partial charge is 0.391 e. The number of hydrogen-bond donors (Lipinski definition) is 2. The van der Waals surface area contributed by atoms with E-state index in [0.717, 1.165) is 5.56 Å². The summed E-state index contributed by atoms with van der Waals surface area (Å²) in [5, 5.41) is 9.84. The van der Waals surface area contributed by atoms with Crippen LogP contribution in [0.2, 0.25) is 0 Å². The number of aliphatic hydroxyl groups excluding tert-OH is 1. The van der Waals surface area contributed by atoms with Gasteiger partial charge in [0, 0.05) is 12.0 Å². The fourth-order valence-corrected chi connectivity index (χ4v) is 1.77. The van der Waals surface area contributed by atoms with Gasteiger partial charge in [-0.05, 0) is 18.1 Å². The lowest BCUT2D eigenvalue weighted by atomic mass is 9.77. The summed E-state index contributed by atoms with van der Waals surface area (Å²) in [6, 6.07) is 8.10. The lowest BCUT2D eigenvalue weighted by molar-refractivity contribution is 0.107. The Morgan fingerprint density at radius 2 is 1.93 bits per heavy atom. The molecule has 1 rings (SSSR count). The van der Waals surface area contributed by atoms with Crippen LogP contribution in [0, 0.1) is 6.92 Å². The maximum absolute atomic E-state index is 9.84. The van der Waals surface area contributed by atoms with Crippen LogP contribution in [0.25, 0.3) is 0 Å². The van der Waals surface area contributed by atoms with Crippen molar-refractivity contribution in [3.63, 3.8) is 0 Å². The van der Waals surface area contributed by atoms with Crippen molar-refractivity contribution in [2.24, 2.45) is 5.73 Å². The van der Waals surface area contributed by atoms with Crippen LogP contribution in [0.1, 0.15) is 25.0 Å². The maximum Gasteiger partial charge on any atom is 0.0753 e. The van der Waals surface area contributed by atoms with E-state index in [1.54, 1.807) is 0 Å². The molecule has 0 aliphatic heterocycles. The van der Waals surface area contributed by atoms with Crippen LogP contribution in [0.5, 0.6) is 0 Å². The summed E-state index contributed by atoms with van der Waals surface area (Å²) in [5.74, 6) is 0. The van der Waals surface area contributed by atoms with Gasteiger partial charge in [0.25, 0.3) is 0 Å². The molecule has 0 heterocycles. The average Bonchev–Trinajstić information content (AvgIpc) is 2.17. The number of hydrogen-bond acceptors (Lipinski definition) is 2.